The van der Waals surface area contributed by atoms with Gasteiger partial charge in [0.25, 0.3) is 0 Å². The Balaban J connectivity index is 1.34. The summed E-state index contributed by atoms with van der Waals surface area (Å²) in [7, 11) is 0. The molecule has 3 aromatic heterocycles. The van der Waals surface area contributed by atoms with Gasteiger partial charge in [-0.1, -0.05) is 17.8 Å². The second-order valence-electron chi connectivity index (χ2n) is 8.28. The Labute approximate surface area is 192 Å². The molecule has 0 spiro atoms. The summed E-state index contributed by atoms with van der Waals surface area (Å²) in [5.74, 6) is 1.52. The molecule has 3 atom stereocenters. The van der Waals surface area contributed by atoms with Gasteiger partial charge in [-0.2, -0.15) is 13.2 Å². The molecule has 3 aromatic rings. The largest absolute Gasteiger partial charge is 0.434 e. The summed E-state index contributed by atoms with van der Waals surface area (Å²) in [6, 6.07) is 8.70. The van der Waals surface area contributed by atoms with Crippen molar-refractivity contribution in [2.45, 2.75) is 27.9 Å². The van der Waals surface area contributed by atoms with E-state index in [0.29, 0.717) is 24.2 Å². The average molecular weight is 474 g/mol. The van der Waals surface area contributed by atoms with Gasteiger partial charge >= 0.3 is 6.18 Å². The number of rotatable bonds is 5. The monoisotopic (exact) mass is 473 g/mol. The van der Waals surface area contributed by atoms with E-state index >= 15 is 0 Å². The lowest BCUT2D eigenvalue weighted by atomic mass is 9.96. The maximum atomic E-state index is 13.3. The molecule has 1 saturated carbocycles. The third-order valence-electron chi connectivity index (χ3n) is 6.63. The molecule has 0 aromatic carbocycles. The fourth-order valence-electron chi connectivity index (χ4n) is 5.01. The van der Waals surface area contributed by atoms with E-state index in [1.165, 1.54) is 12.1 Å². The van der Waals surface area contributed by atoms with E-state index in [0.717, 1.165) is 43.2 Å². The van der Waals surface area contributed by atoms with Crippen molar-refractivity contribution in [2.24, 2.45) is 17.6 Å². The van der Waals surface area contributed by atoms with Gasteiger partial charge in [-0.25, -0.2) is 9.97 Å². The van der Waals surface area contributed by atoms with Gasteiger partial charge in [0.2, 0.25) is 0 Å². The van der Waals surface area contributed by atoms with Crippen LogP contribution < -0.4 is 16.4 Å². The van der Waals surface area contributed by atoms with Gasteiger partial charge in [0, 0.05) is 48.0 Å². The molecule has 0 bridgehead atoms. The third-order valence-corrected chi connectivity index (χ3v) is 7.69. The fourth-order valence-corrected chi connectivity index (χ4v) is 5.89. The summed E-state index contributed by atoms with van der Waals surface area (Å²) in [5, 5.41) is 0.211. The number of alkyl halides is 3. The smallest absolute Gasteiger partial charge is 0.381 e. The molecule has 5 rings (SSSR count). The lowest BCUT2D eigenvalue weighted by Gasteiger charge is -2.27. The fraction of sp³-hybridized carbons (Fsp3) is 0.364. The van der Waals surface area contributed by atoms with Crippen LogP contribution in [0.3, 0.4) is 0 Å². The first-order chi connectivity index (χ1) is 15.8. The molecule has 33 heavy (non-hydrogen) atoms. The van der Waals surface area contributed by atoms with E-state index in [1.54, 1.807) is 12.4 Å². The molecular weight excluding hydrogens is 451 g/mol. The summed E-state index contributed by atoms with van der Waals surface area (Å²) in [4.78, 5) is 18.9. The zero-order chi connectivity index (χ0) is 23.2. The molecule has 2 fully saturated rings. The minimum atomic E-state index is -4.57. The number of anilines is 2. The summed E-state index contributed by atoms with van der Waals surface area (Å²) < 4.78 is 39.8. The van der Waals surface area contributed by atoms with Crippen LogP contribution >= 0.6 is 11.8 Å². The van der Waals surface area contributed by atoms with E-state index in [2.05, 4.69) is 24.8 Å². The minimum absolute atomic E-state index is 0.0689. The third kappa shape index (κ3) is 3.78. The van der Waals surface area contributed by atoms with Crippen LogP contribution in [0.15, 0.2) is 58.8 Å². The van der Waals surface area contributed by atoms with Crippen molar-refractivity contribution in [3.05, 3.63) is 60.3 Å². The number of nitrogens with two attached hydrogens (primary N) is 2. The molecule has 3 unspecified atom stereocenters. The van der Waals surface area contributed by atoms with Crippen LogP contribution in [0.25, 0.3) is 0 Å². The molecular formula is C22H22F3N7S. The Kier molecular flexibility index (Phi) is 5.40. The summed E-state index contributed by atoms with van der Waals surface area (Å²) in [6.07, 6.45) is 0.850. The van der Waals surface area contributed by atoms with Crippen LogP contribution in [0.1, 0.15) is 17.8 Å². The van der Waals surface area contributed by atoms with Crippen molar-refractivity contribution < 1.29 is 13.2 Å². The molecule has 4 N–H and O–H groups in total. The number of piperidine rings is 1. The molecule has 11 heteroatoms. The highest BCUT2D eigenvalue weighted by Gasteiger charge is 2.66. The van der Waals surface area contributed by atoms with E-state index in [1.807, 2.05) is 18.2 Å². The highest BCUT2D eigenvalue weighted by molar-refractivity contribution is 7.99. The van der Waals surface area contributed by atoms with Crippen LogP contribution in [0.2, 0.25) is 0 Å². The SMILES string of the molecule is NCC1(c2ccccn2)C2CCN(c3cnc(Sc4cccnc4C(F)(F)F)c(N)n3)CC21. The highest BCUT2D eigenvalue weighted by atomic mass is 32.2. The number of hydrogen-bond acceptors (Lipinski definition) is 8. The Morgan fingerprint density at radius 1 is 1.09 bits per heavy atom. The van der Waals surface area contributed by atoms with Gasteiger partial charge in [-0.05, 0) is 42.5 Å². The Morgan fingerprint density at radius 2 is 1.91 bits per heavy atom. The summed E-state index contributed by atoms with van der Waals surface area (Å²) >= 11 is 0.808. The van der Waals surface area contributed by atoms with Crippen molar-refractivity contribution in [1.82, 2.24) is 19.9 Å². The Hall–Kier alpha value is -2.92. The van der Waals surface area contributed by atoms with Gasteiger partial charge < -0.3 is 16.4 Å². The average Bonchev–Trinajstić information content (AvgIpc) is 3.48. The summed E-state index contributed by atoms with van der Waals surface area (Å²) in [6.45, 7) is 2.06. The van der Waals surface area contributed by atoms with Gasteiger partial charge in [0.05, 0.1) is 6.20 Å². The minimum Gasteiger partial charge on any atom is -0.381 e. The first kappa shape index (κ1) is 21.9. The van der Waals surface area contributed by atoms with Crippen molar-refractivity contribution in [1.29, 1.82) is 0 Å². The van der Waals surface area contributed by atoms with Gasteiger partial charge in [0.15, 0.2) is 11.5 Å². The van der Waals surface area contributed by atoms with E-state index in [-0.39, 0.29) is 21.2 Å². The topological polar surface area (TPSA) is 107 Å². The van der Waals surface area contributed by atoms with Crippen LogP contribution in [-0.2, 0) is 11.6 Å². The van der Waals surface area contributed by atoms with Crippen LogP contribution in [0.4, 0.5) is 24.8 Å². The van der Waals surface area contributed by atoms with E-state index in [4.69, 9.17) is 11.5 Å². The Morgan fingerprint density at radius 3 is 2.61 bits per heavy atom. The molecule has 1 aliphatic heterocycles. The molecule has 0 radical (unpaired) electrons. The Bertz CT molecular complexity index is 1160. The van der Waals surface area contributed by atoms with E-state index in [9.17, 15) is 13.2 Å². The highest BCUT2D eigenvalue weighted by Crippen LogP contribution is 2.62. The van der Waals surface area contributed by atoms with Crippen molar-refractivity contribution in [3.8, 4) is 0 Å². The number of pyridine rings is 2. The standard InChI is InChI=1S/C22H22F3N7S/c23-22(24,25)18-15(4-3-8-29-18)33-20-19(27)31-17(10-30-20)32-9-6-13-14(11-32)21(13,12-26)16-5-1-2-7-28-16/h1-5,7-8,10,13-14H,6,9,11-12,26H2,(H2,27,31). The number of hydrogen-bond donors (Lipinski definition) is 2. The summed E-state index contributed by atoms with van der Waals surface area (Å²) in [5.41, 5.74) is 12.2. The normalized spacial score (nSPS) is 24.4. The molecule has 2 aliphatic rings. The van der Waals surface area contributed by atoms with Gasteiger partial charge in [-0.15, -0.1) is 0 Å². The van der Waals surface area contributed by atoms with Crippen molar-refractivity contribution in [2.75, 3.05) is 30.3 Å². The molecule has 7 nitrogen and oxygen atoms in total. The molecule has 1 saturated heterocycles. The molecule has 1 aliphatic carbocycles. The van der Waals surface area contributed by atoms with Gasteiger partial charge in [0.1, 0.15) is 10.8 Å². The maximum Gasteiger partial charge on any atom is 0.434 e. The van der Waals surface area contributed by atoms with Crippen LogP contribution in [-0.4, -0.2) is 39.6 Å². The zero-order valence-electron chi connectivity index (χ0n) is 17.5. The number of nitrogen functional groups attached to an aromatic ring is 1. The maximum absolute atomic E-state index is 13.3. The second-order valence-corrected chi connectivity index (χ2v) is 9.31. The van der Waals surface area contributed by atoms with E-state index < -0.39 is 11.9 Å². The quantitative estimate of drug-likeness (QED) is 0.581. The molecule has 4 heterocycles. The number of nitrogens with zero attached hydrogens (tertiary/aromatic N) is 5. The van der Waals surface area contributed by atoms with Crippen LogP contribution in [0.5, 0.6) is 0 Å². The second kappa shape index (κ2) is 8.14. The van der Waals surface area contributed by atoms with Crippen molar-refractivity contribution in [3.63, 3.8) is 0 Å². The number of aromatic nitrogens is 4. The van der Waals surface area contributed by atoms with Crippen LogP contribution in [0, 0.1) is 11.8 Å². The lowest BCUT2D eigenvalue weighted by Crippen LogP contribution is -2.33. The first-order valence-corrected chi connectivity index (χ1v) is 11.4. The molecule has 0 amide bonds. The van der Waals surface area contributed by atoms with Gasteiger partial charge in [-0.3, -0.25) is 9.97 Å². The predicted molar refractivity (Wildman–Crippen MR) is 119 cm³/mol. The molecule has 172 valence electrons. The van der Waals surface area contributed by atoms with Crippen molar-refractivity contribution >= 4 is 23.4 Å². The number of fused-ring (bicyclic) bond motifs is 1. The predicted octanol–water partition coefficient (Wildman–Crippen LogP) is 3.37. The first-order valence-electron chi connectivity index (χ1n) is 10.5. The number of halogens is 3. The zero-order valence-corrected chi connectivity index (χ0v) is 18.4. The lowest BCUT2D eigenvalue weighted by molar-refractivity contribution is -0.143.